The van der Waals surface area contributed by atoms with Gasteiger partial charge in [-0.25, -0.2) is 4.39 Å². The van der Waals surface area contributed by atoms with Crippen LogP contribution in [-0.2, 0) is 16.0 Å². The highest BCUT2D eigenvalue weighted by Gasteiger charge is 2.43. The minimum Gasteiger partial charge on any atom is -0.394 e. The Hall–Kier alpha value is -1.95. The second-order valence-corrected chi connectivity index (χ2v) is 7.28. The van der Waals surface area contributed by atoms with Crippen molar-refractivity contribution in [3.63, 3.8) is 0 Å². The molecule has 25 heavy (non-hydrogen) atoms. The summed E-state index contributed by atoms with van der Waals surface area (Å²) < 4.78 is 13.6. The molecule has 1 saturated heterocycles. The van der Waals surface area contributed by atoms with Crippen molar-refractivity contribution in [1.82, 2.24) is 10.2 Å². The molecule has 0 bridgehead atoms. The number of amides is 2. The molecule has 0 aromatic heterocycles. The molecule has 1 atom stereocenters. The maximum absolute atomic E-state index is 13.6. The molecular formula is C19H25FN2O3. The number of piperazine rings is 1. The predicted molar refractivity (Wildman–Crippen MR) is 91.2 cm³/mol. The van der Waals surface area contributed by atoms with Gasteiger partial charge in [-0.3, -0.25) is 9.59 Å². The van der Waals surface area contributed by atoms with Crippen molar-refractivity contribution in [3.8, 4) is 0 Å². The molecule has 2 aliphatic rings. The van der Waals surface area contributed by atoms with Crippen LogP contribution in [0.3, 0.4) is 0 Å². The maximum atomic E-state index is 13.6. The van der Waals surface area contributed by atoms with E-state index in [0.29, 0.717) is 13.0 Å². The zero-order valence-electron chi connectivity index (χ0n) is 14.3. The van der Waals surface area contributed by atoms with E-state index in [1.165, 1.54) is 12.1 Å². The summed E-state index contributed by atoms with van der Waals surface area (Å²) in [6, 6.07) is 6.00. The lowest BCUT2D eigenvalue weighted by Crippen LogP contribution is -2.60. The Labute approximate surface area is 147 Å². The number of aliphatic hydroxyl groups is 1. The molecule has 1 heterocycles. The maximum Gasteiger partial charge on any atom is 0.239 e. The number of nitrogens with one attached hydrogen (secondary N) is 1. The molecule has 1 aromatic carbocycles. The fourth-order valence-corrected chi connectivity index (χ4v) is 4.15. The van der Waals surface area contributed by atoms with Crippen molar-refractivity contribution >= 4 is 11.8 Å². The van der Waals surface area contributed by atoms with E-state index in [1.54, 1.807) is 11.0 Å². The van der Waals surface area contributed by atoms with Gasteiger partial charge in [0.05, 0.1) is 24.6 Å². The number of hydrogen-bond donors (Lipinski definition) is 2. The number of carbonyl (C=O) groups is 2. The Bertz CT molecular complexity index is 643. The van der Waals surface area contributed by atoms with Crippen LogP contribution >= 0.6 is 0 Å². The Kier molecular flexibility index (Phi) is 5.37. The number of nitrogens with zero attached hydrogens (tertiary/aromatic N) is 1. The highest BCUT2D eigenvalue weighted by molar-refractivity contribution is 5.89. The van der Waals surface area contributed by atoms with Crippen LogP contribution < -0.4 is 5.32 Å². The minimum absolute atomic E-state index is 0.0280. The second-order valence-electron chi connectivity index (χ2n) is 7.28. The van der Waals surface area contributed by atoms with E-state index in [-0.39, 0.29) is 30.8 Å². The summed E-state index contributed by atoms with van der Waals surface area (Å²) in [5.41, 5.74) is 0.236. The summed E-state index contributed by atoms with van der Waals surface area (Å²) in [6.07, 6.45) is 5.02. The van der Waals surface area contributed by atoms with Crippen molar-refractivity contribution in [3.05, 3.63) is 35.6 Å². The first-order valence-electron chi connectivity index (χ1n) is 8.96. The lowest BCUT2D eigenvalue weighted by atomic mass is 9.69. The van der Waals surface area contributed by atoms with Crippen LogP contribution in [0.25, 0.3) is 0 Å². The van der Waals surface area contributed by atoms with Gasteiger partial charge in [-0.1, -0.05) is 31.4 Å². The number of aliphatic hydroxyl groups excluding tert-OH is 1. The van der Waals surface area contributed by atoms with E-state index in [2.05, 4.69) is 5.32 Å². The van der Waals surface area contributed by atoms with Gasteiger partial charge in [-0.2, -0.15) is 0 Å². The largest absolute Gasteiger partial charge is 0.394 e. The number of carbonyl (C=O) groups excluding carboxylic acids is 2. The summed E-state index contributed by atoms with van der Waals surface area (Å²) in [4.78, 5) is 26.8. The van der Waals surface area contributed by atoms with Gasteiger partial charge in [0.2, 0.25) is 11.8 Å². The second kappa shape index (κ2) is 7.52. The van der Waals surface area contributed by atoms with E-state index in [1.807, 2.05) is 6.07 Å². The monoisotopic (exact) mass is 348 g/mol. The lowest BCUT2D eigenvalue weighted by molar-refractivity contribution is -0.150. The number of benzene rings is 1. The van der Waals surface area contributed by atoms with Gasteiger partial charge in [0, 0.05) is 6.54 Å². The van der Waals surface area contributed by atoms with Crippen LogP contribution in [0.5, 0.6) is 0 Å². The van der Waals surface area contributed by atoms with Gasteiger partial charge in [0.25, 0.3) is 0 Å². The molecule has 1 aliphatic heterocycles. The van der Waals surface area contributed by atoms with Crippen molar-refractivity contribution in [2.45, 2.75) is 44.6 Å². The zero-order valence-corrected chi connectivity index (χ0v) is 14.3. The normalized spacial score (nSPS) is 23.2. The smallest absolute Gasteiger partial charge is 0.239 e. The minimum atomic E-state index is -0.580. The third kappa shape index (κ3) is 4.00. The topological polar surface area (TPSA) is 69.6 Å². The molecule has 2 N–H and O–H groups in total. The summed E-state index contributed by atoms with van der Waals surface area (Å²) in [5.74, 6) is -0.575. The average molecular weight is 348 g/mol. The van der Waals surface area contributed by atoms with E-state index in [9.17, 15) is 19.1 Å². The van der Waals surface area contributed by atoms with Crippen molar-refractivity contribution < 1.29 is 19.1 Å². The van der Waals surface area contributed by atoms with Crippen LogP contribution in [0.15, 0.2) is 24.3 Å². The highest BCUT2D eigenvalue weighted by Crippen LogP contribution is 2.41. The van der Waals surface area contributed by atoms with Gasteiger partial charge in [0.1, 0.15) is 5.82 Å². The molecular weight excluding hydrogens is 323 g/mol. The van der Waals surface area contributed by atoms with Crippen LogP contribution in [0.4, 0.5) is 4.39 Å². The van der Waals surface area contributed by atoms with E-state index < -0.39 is 11.5 Å². The molecule has 1 aromatic rings. The molecule has 6 heteroatoms. The third-order valence-corrected chi connectivity index (χ3v) is 5.34. The molecule has 0 spiro atoms. The van der Waals surface area contributed by atoms with Gasteiger partial charge >= 0.3 is 0 Å². The Morgan fingerprint density at radius 1 is 1.32 bits per heavy atom. The Balaban J connectivity index is 1.84. The van der Waals surface area contributed by atoms with E-state index in [0.717, 1.165) is 37.7 Å². The first kappa shape index (κ1) is 17.9. The van der Waals surface area contributed by atoms with Gasteiger partial charge in [0.15, 0.2) is 0 Å². The van der Waals surface area contributed by atoms with Crippen molar-refractivity contribution in [2.24, 2.45) is 5.41 Å². The van der Waals surface area contributed by atoms with Crippen molar-refractivity contribution in [1.29, 1.82) is 0 Å². The molecule has 1 saturated carbocycles. The summed E-state index contributed by atoms with van der Waals surface area (Å²) in [5, 5.41) is 12.0. The van der Waals surface area contributed by atoms with Crippen LogP contribution in [-0.4, -0.2) is 47.6 Å². The molecule has 0 radical (unpaired) electrons. The Morgan fingerprint density at radius 2 is 2.08 bits per heavy atom. The first-order valence-corrected chi connectivity index (χ1v) is 8.96. The first-order chi connectivity index (χ1) is 12.0. The van der Waals surface area contributed by atoms with E-state index >= 15 is 0 Å². The molecule has 3 rings (SSSR count). The predicted octanol–water partition coefficient (Wildman–Crippen LogP) is 1.64. The fourth-order valence-electron chi connectivity index (χ4n) is 4.15. The van der Waals surface area contributed by atoms with Gasteiger partial charge in [-0.05, 0) is 37.0 Å². The standard InChI is InChI=1S/C19H25FN2O3/c20-15-6-4-5-14(9-15)10-19(7-2-1-3-8-19)18(25)22-11-16(13-23)21-17(24)12-22/h4-6,9,16,23H,1-3,7-8,10-13H2,(H,21,24)/t16-/m0/s1. The zero-order chi connectivity index (χ0) is 17.9. The van der Waals surface area contributed by atoms with Crippen LogP contribution in [0, 0.1) is 11.2 Å². The summed E-state index contributed by atoms with van der Waals surface area (Å²) in [7, 11) is 0. The van der Waals surface area contributed by atoms with E-state index in [4.69, 9.17) is 0 Å². The van der Waals surface area contributed by atoms with Gasteiger partial charge < -0.3 is 15.3 Å². The summed E-state index contributed by atoms with van der Waals surface area (Å²) in [6.45, 7) is 0.165. The lowest BCUT2D eigenvalue weighted by Gasteiger charge is -2.42. The Morgan fingerprint density at radius 3 is 2.76 bits per heavy atom. The quantitative estimate of drug-likeness (QED) is 0.869. The SMILES string of the molecule is O=C1CN(C(=O)C2(Cc3cccc(F)c3)CCCCC2)C[C@@H](CO)N1. The number of halogens is 1. The van der Waals surface area contributed by atoms with Crippen LogP contribution in [0.2, 0.25) is 0 Å². The number of hydrogen-bond acceptors (Lipinski definition) is 3. The molecule has 2 amide bonds. The third-order valence-electron chi connectivity index (χ3n) is 5.34. The van der Waals surface area contributed by atoms with Crippen LogP contribution in [0.1, 0.15) is 37.7 Å². The summed E-state index contributed by atoms with van der Waals surface area (Å²) >= 11 is 0. The number of rotatable bonds is 4. The molecule has 0 unspecified atom stereocenters. The molecule has 1 aliphatic carbocycles. The molecule has 2 fully saturated rings. The van der Waals surface area contributed by atoms with Gasteiger partial charge in [-0.15, -0.1) is 0 Å². The molecule has 5 nitrogen and oxygen atoms in total. The van der Waals surface area contributed by atoms with Crippen molar-refractivity contribution in [2.75, 3.05) is 19.7 Å². The molecule has 136 valence electrons. The highest BCUT2D eigenvalue weighted by atomic mass is 19.1. The average Bonchev–Trinajstić information content (AvgIpc) is 2.61. The fraction of sp³-hybridized carbons (Fsp3) is 0.579.